The number of esters is 1. The third-order valence-corrected chi connectivity index (χ3v) is 3.95. The highest BCUT2D eigenvalue weighted by Gasteiger charge is 2.25. The van der Waals surface area contributed by atoms with Crippen molar-refractivity contribution in [1.29, 1.82) is 5.26 Å². The van der Waals surface area contributed by atoms with E-state index in [-0.39, 0.29) is 5.78 Å². The zero-order valence-corrected chi connectivity index (χ0v) is 15.3. The first kappa shape index (κ1) is 19.2. The molecule has 2 rings (SSSR count). The number of carbonyl (C=O) groups excluding carboxylic acids is 2. The summed E-state index contributed by atoms with van der Waals surface area (Å²) in [5, 5.41) is 8.78. The van der Waals surface area contributed by atoms with Crippen molar-refractivity contribution in [2.75, 3.05) is 0 Å². The molecule has 0 heterocycles. The van der Waals surface area contributed by atoms with Crippen molar-refractivity contribution in [1.82, 2.24) is 0 Å². The molecular formula is C21H21NO4. The molecule has 5 heteroatoms. The van der Waals surface area contributed by atoms with E-state index >= 15 is 0 Å². The Morgan fingerprint density at radius 3 is 2.27 bits per heavy atom. The lowest BCUT2D eigenvalue weighted by Crippen LogP contribution is -2.32. The summed E-state index contributed by atoms with van der Waals surface area (Å²) < 4.78 is 10.8. The first-order valence-corrected chi connectivity index (χ1v) is 8.30. The van der Waals surface area contributed by atoms with Crippen LogP contribution < -0.4 is 4.74 Å². The van der Waals surface area contributed by atoms with Crippen molar-refractivity contribution in [2.24, 2.45) is 0 Å². The van der Waals surface area contributed by atoms with Gasteiger partial charge in [-0.25, -0.2) is 4.79 Å². The molecule has 26 heavy (non-hydrogen) atoms. The molecule has 0 aliphatic carbocycles. The van der Waals surface area contributed by atoms with Gasteiger partial charge in [-0.2, -0.15) is 5.26 Å². The fraction of sp³-hybridized carbons (Fsp3) is 0.286. The van der Waals surface area contributed by atoms with Gasteiger partial charge in [-0.05, 0) is 63.6 Å². The molecule has 2 aromatic carbocycles. The molecule has 2 atom stereocenters. The highest BCUT2D eigenvalue weighted by molar-refractivity contribution is 6.01. The lowest BCUT2D eigenvalue weighted by Gasteiger charge is -2.18. The third-order valence-electron chi connectivity index (χ3n) is 3.95. The van der Waals surface area contributed by atoms with Gasteiger partial charge < -0.3 is 9.47 Å². The Morgan fingerprint density at radius 1 is 1.00 bits per heavy atom. The fourth-order valence-corrected chi connectivity index (χ4v) is 2.40. The van der Waals surface area contributed by atoms with Gasteiger partial charge in [-0.3, -0.25) is 4.79 Å². The van der Waals surface area contributed by atoms with Gasteiger partial charge in [0.05, 0.1) is 11.6 Å². The van der Waals surface area contributed by atoms with Gasteiger partial charge in [-0.1, -0.05) is 17.7 Å². The molecule has 0 bridgehead atoms. The molecule has 0 aliphatic rings. The highest BCUT2D eigenvalue weighted by atomic mass is 16.6. The maximum absolute atomic E-state index is 12.6. The Hall–Kier alpha value is -3.13. The zero-order chi connectivity index (χ0) is 19.3. The second-order valence-corrected chi connectivity index (χ2v) is 6.16. The van der Waals surface area contributed by atoms with Crippen LogP contribution >= 0.6 is 0 Å². The molecule has 0 unspecified atom stereocenters. The third kappa shape index (κ3) is 4.70. The minimum Gasteiger partial charge on any atom is -0.479 e. The number of hydrogen-bond donors (Lipinski definition) is 0. The monoisotopic (exact) mass is 351 g/mol. The fourth-order valence-electron chi connectivity index (χ4n) is 2.40. The van der Waals surface area contributed by atoms with E-state index in [4.69, 9.17) is 14.7 Å². The molecule has 0 N–H and O–H groups in total. The summed E-state index contributed by atoms with van der Waals surface area (Å²) in [5.74, 6) is -0.424. The van der Waals surface area contributed by atoms with Crippen LogP contribution in [0.2, 0.25) is 0 Å². The Bertz CT molecular complexity index is 849. The Labute approximate surface area is 153 Å². The Balaban J connectivity index is 1.99. The molecule has 134 valence electrons. The van der Waals surface area contributed by atoms with Gasteiger partial charge in [0.25, 0.3) is 0 Å². The van der Waals surface area contributed by atoms with E-state index in [1.165, 1.54) is 0 Å². The lowest BCUT2D eigenvalue weighted by molar-refractivity contribution is -0.153. The predicted molar refractivity (Wildman–Crippen MR) is 97.0 cm³/mol. The summed E-state index contributed by atoms with van der Waals surface area (Å²) in [6, 6.07) is 14.0. The van der Waals surface area contributed by atoms with Crippen LogP contribution in [0.4, 0.5) is 0 Å². The molecule has 0 amide bonds. The van der Waals surface area contributed by atoms with Crippen LogP contribution in [0, 0.1) is 25.2 Å². The van der Waals surface area contributed by atoms with Gasteiger partial charge in [0.1, 0.15) is 5.75 Å². The summed E-state index contributed by atoms with van der Waals surface area (Å²) in [5.41, 5.74) is 2.85. The van der Waals surface area contributed by atoms with Crippen molar-refractivity contribution >= 4 is 11.8 Å². The maximum atomic E-state index is 12.6. The summed E-state index contributed by atoms with van der Waals surface area (Å²) >= 11 is 0. The van der Waals surface area contributed by atoms with Crippen LogP contribution in [0.15, 0.2) is 42.5 Å². The first-order valence-electron chi connectivity index (χ1n) is 8.30. The number of nitriles is 1. The van der Waals surface area contributed by atoms with E-state index in [2.05, 4.69) is 0 Å². The number of carbonyl (C=O) groups is 2. The number of Topliss-reactive ketones (excluding diaryl/α,β-unsaturated/α-hetero) is 1. The average molecular weight is 351 g/mol. The van der Waals surface area contributed by atoms with E-state index in [1.54, 1.807) is 44.2 Å². The Kier molecular flexibility index (Phi) is 6.13. The smallest absolute Gasteiger partial charge is 0.347 e. The van der Waals surface area contributed by atoms with E-state index < -0.39 is 18.2 Å². The van der Waals surface area contributed by atoms with E-state index in [1.807, 2.05) is 32.0 Å². The number of hydrogen-bond acceptors (Lipinski definition) is 5. The first-order chi connectivity index (χ1) is 12.3. The summed E-state index contributed by atoms with van der Waals surface area (Å²) in [6.07, 6.45) is -1.79. The zero-order valence-electron chi connectivity index (χ0n) is 15.3. The van der Waals surface area contributed by atoms with Crippen LogP contribution in [0.1, 0.15) is 40.9 Å². The van der Waals surface area contributed by atoms with E-state index in [9.17, 15) is 9.59 Å². The molecule has 0 fully saturated rings. The van der Waals surface area contributed by atoms with Crippen molar-refractivity contribution in [3.63, 3.8) is 0 Å². The Morgan fingerprint density at radius 2 is 1.65 bits per heavy atom. The van der Waals surface area contributed by atoms with E-state index in [0.717, 1.165) is 11.1 Å². The summed E-state index contributed by atoms with van der Waals surface area (Å²) in [4.78, 5) is 24.8. The minimum atomic E-state index is -0.907. The second-order valence-electron chi connectivity index (χ2n) is 6.16. The second kappa shape index (κ2) is 8.30. The van der Waals surface area contributed by atoms with Gasteiger partial charge in [0.2, 0.25) is 5.78 Å². The number of nitrogens with zero attached hydrogens (tertiary/aromatic N) is 1. The molecule has 0 aromatic heterocycles. The molecule has 0 saturated heterocycles. The van der Waals surface area contributed by atoms with Crippen LogP contribution in [0.25, 0.3) is 0 Å². The van der Waals surface area contributed by atoms with Crippen LogP contribution in [-0.4, -0.2) is 24.0 Å². The normalized spacial score (nSPS) is 12.6. The molecule has 0 aliphatic heterocycles. The van der Waals surface area contributed by atoms with Crippen LogP contribution in [0.5, 0.6) is 5.75 Å². The maximum Gasteiger partial charge on any atom is 0.347 e. The molecule has 5 nitrogen and oxygen atoms in total. The largest absolute Gasteiger partial charge is 0.479 e. The van der Waals surface area contributed by atoms with Crippen LogP contribution in [-0.2, 0) is 9.53 Å². The number of ketones is 1. The van der Waals surface area contributed by atoms with Gasteiger partial charge in [0, 0.05) is 5.56 Å². The molecule has 0 spiro atoms. The standard InChI is InChI=1S/C21H21NO4/c1-13-5-6-14(2)19(11-13)20(23)15(3)26-21(24)16(4)25-18-9-7-17(12-22)8-10-18/h5-11,15-16H,1-4H3/t15-,16+/m1/s1. The predicted octanol–water partition coefficient (Wildman–Crippen LogP) is 3.76. The quantitative estimate of drug-likeness (QED) is 0.585. The van der Waals surface area contributed by atoms with Crippen molar-refractivity contribution in [3.8, 4) is 11.8 Å². The SMILES string of the molecule is Cc1ccc(C)c(C(=O)[C@@H](C)OC(=O)[C@H](C)Oc2ccc(C#N)cc2)c1. The number of benzene rings is 2. The van der Waals surface area contributed by atoms with Crippen LogP contribution in [0.3, 0.4) is 0 Å². The molecule has 2 aromatic rings. The number of rotatable bonds is 6. The highest BCUT2D eigenvalue weighted by Crippen LogP contribution is 2.17. The van der Waals surface area contributed by atoms with E-state index in [0.29, 0.717) is 16.9 Å². The number of aryl methyl sites for hydroxylation is 2. The summed E-state index contributed by atoms with van der Waals surface area (Å²) in [7, 11) is 0. The minimum absolute atomic E-state index is 0.245. The average Bonchev–Trinajstić information content (AvgIpc) is 2.63. The van der Waals surface area contributed by atoms with Gasteiger partial charge in [-0.15, -0.1) is 0 Å². The van der Waals surface area contributed by atoms with Gasteiger partial charge >= 0.3 is 5.97 Å². The number of ether oxygens (including phenoxy) is 2. The van der Waals surface area contributed by atoms with Gasteiger partial charge in [0.15, 0.2) is 12.2 Å². The van der Waals surface area contributed by atoms with Crippen molar-refractivity contribution in [2.45, 2.75) is 39.9 Å². The summed E-state index contributed by atoms with van der Waals surface area (Å²) in [6.45, 7) is 6.85. The van der Waals surface area contributed by atoms with Crippen molar-refractivity contribution < 1.29 is 19.1 Å². The molecule has 0 saturated carbocycles. The van der Waals surface area contributed by atoms with Crippen molar-refractivity contribution in [3.05, 3.63) is 64.7 Å². The molecular weight excluding hydrogens is 330 g/mol. The topological polar surface area (TPSA) is 76.4 Å². The lowest BCUT2D eigenvalue weighted by atomic mass is 9.99. The molecule has 0 radical (unpaired) electrons.